The molecule has 0 amide bonds. The molecule has 6 N–H and O–H groups in total. The van der Waals surface area contributed by atoms with Gasteiger partial charge in [-0.15, -0.1) is 5.10 Å². The van der Waals surface area contributed by atoms with Crippen LogP contribution in [0.15, 0.2) is 54.7 Å². The topological polar surface area (TPSA) is 198 Å². The third kappa shape index (κ3) is 9.92. The molecule has 15 heteroatoms. The second kappa shape index (κ2) is 18.3. The Morgan fingerprint density at radius 1 is 0.860 bits per heavy atom. The van der Waals surface area contributed by atoms with Crippen LogP contribution in [0.3, 0.4) is 0 Å². The van der Waals surface area contributed by atoms with Gasteiger partial charge in [0.2, 0.25) is 0 Å². The standard InChI is InChI=1S/C35H42ClN5O9/c1-21-23(20-50-33-14-32(48-3)24(13-28(33)36)15-37-29(18-42)34(44)45)7-4-8-26(21)27-9-5-10-31(22(27)2)49-12-6-11-41-17-25(39-40-41)16-38-30(19-43)35(46)47/h4-5,7-10,13-14,17,29-30,37-38,42-43H,6,11-12,15-16,18-20H2,1-3H3,(H,44,45)(H,46,47). The minimum Gasteiger partial charge on any atom is -0.496 e. The lowest BCUT2D eigenvalue weighted by Crippen LogP contribution is -2.39. The minimum absolute atomic E-state index is 0.120. The molecule has 2 atom stereocenters. The predicted octanol–water partition coefficient (Wildman–Crippen LogP) is 3.34. The van der Waals surface area contributed by atoms with Crippen LogP contribution in [0, 0.1) is 13.8 Å². The maximum Gasteiger partial charge on any atom is 0.323 e. The summed E-state index contributed by atoms with van der Waals surface area (Å²) in [5.74, 6) is -0.662. The number of benzene rings is 3. The van der Waals surface area contributed by atoms with Crippen molar-refractivity contribution in [2.45, 2.75) is 58.6 Å². The summed E-state index contributed by atoms with van der Waals surface area (Å²) < 4.78 is 19.4. The number of aromatic nitrogens is 3. The van der Waals surface area contributed by atoms with Crippen LogP contribution in [-0.4, -0.2) is 86.4 Å². The quantitative estimate of drug-likeness (QED) is 0.0731. The molecular weight excluding hydrogens is 670 g/mol. The van der Waals surface area contributed by atoms with Crippen LogP contribution >= 0.6 is 11.6 Å². The Labute approximate surface area is 294 Å². The molecule has 0 saturated carbocycles. The molecule has 14 nitrogen and oxygen atoms in total. The zero-order valence-electron chi connectivity index (χ0n) is 28.1. The van der Waals surface area contributed by atoms with E-state index in [4.69, 9.17) is 36.0 Å². The van der Waals surface area contributed by atoms with Gasteiger partial charge in [0, 0.05) is 43.9 Å². The van der Waals surface area contributed by atoms with Gasteiger partial charge in [0.1, 0.15) is 35.9 Å². The number of aryl methyl sites for hydroxylation is 1. The Morgan fingerprint density at radius 2 is 1.52 bits per heavy atom. The first-order chi connectivity index (χ1) is 24.1. The maximum atomic E-state index is 11.2. The zero-order valence-corrected chi connectivity index (χ0v) is 28.8. The first kappa shape index (κ1) is 38.1. The number of nitrogens with zero attached hydrogens (tertiary/aromatic N) is 3. The van der Waals surface area contributed by atoms with E-state index < -0.39 is 37.2 Å². The molecular formula is C35H42ClN5O9. The third-order valence-electron chi connectivity index (χ3n) is 8.14. The highest BCUT2D eigenvalue weighted by Crippen LogP contribution is 2.36. The van der Waals surface area contributed by atoms with Crippen LogP contribution in [-0.2, 0) is 35.8 Å². The highest BCUT2D eigenvalue weighted by atomic mass is 35.5. The number of aliphatic hydroxyl groups excluding tert-OH is 2. The molecule has 0 saturated heterocycles. The molecule has 4 rings (SSSR count). The highest BCUT2D eigenvalue weighted by Gasteiger charge is 2.19. The summed E-state index contributed by atoms with van der Waals surface area (Å²) in [4.78, 5) is 22.3. The lowest BCUT2D eigenvalue weighted by molar-refractivity contribution is -0.141. The number of methoxy groups -OCH3 is 1. The fraction of sp³-hybridized carbons (Fsp3) is 0.371. The summed E-state index contributed by atoms with van der Waals surface area (Å²) in [6.45, 7) is 4.50. The van der Waals surface area contributed by atoms with E-state index in [0.717, 1.165) is 33.6 Å². The predicted molar refractivity (Wildman–Crippen MR) is 185 cm³/mol. The number of ether oxygens (including phenoxy) is 3. The van der Waals surface area contributed by atoms with Crippen LogP contribution < -0.4 is 24.8 Å². The highest BCUT2D eigenvalue weighted by molar-refractivity contribution is 6.32. The first-order valence-corrected chi connectivity index (χ1v) is 16.3. The van der Waals surface area contributed by atoms with Gasteiger partial charge in [-0.1, -0.05) is 47.1 Å². The molecule has 0 aliphatic heterocycles. The minimum atomic E-state index is -1.16. The molecule has 1 aromatic heterocycles. The monoisotopic (exact) mass is 711 g/mol. The smallest absolute Gasteiger partial charge is 0.323 e. The summed E-state index contributed by atoms with van der Waals surface area (Å²) in [6, 6.07) is 13.1. The third-order valence-corrected chi connectivity index (χ3v) is 8.44. The first-order valence-electron chi connectivity index (χ1n) is 15.9. The molecule has 0 radical (unpaired) electrons. The molecule has 1 heterocycles. The Morgan fingerprint density at radius 3 is 2.18 bits per heavy atom. The number of hydrogen-bond acceptors (Lipinski definition) is 11. The average molecular weight is 712 g/mol. The van der Waals surface area contributed by atoms with Crippen LogP contribution in [0.2, 0.25) is 5.02 Å². The fourth-order valence-electron chi connectivity index (χ4n) is 5.22. The summed E-state index contributed by atoms with van der Waals surface area (Å²) >= 11 is 6.54. The van der Waals surface area contributed by atoms with Gasteiger partial charge in [-0.2, -0.15) is 0 Å². The van der Waals surface area contributed by atoms with Gasteiger partial charge in [0.05, 0.1) is 37.6 Å². The van der Waals surface area contributed by atoms with E-state index in [9.17, 15) is 19.8 Å². The molecule has 268 valence electrons. The molecule has 0 aliphatic rings. The van der Waals surface area contributed by atoms with Crippen molar-refractivity contribution in [1.29, 1.82) is 0 Å². The van der Waals surface area contributed by atoms with Gasteiger partial charge in [-0.05, 0) is 53.8 Å². The maximum absolute atomic E-state index is 11.2. The SMILES string of the molecule is COc1cc(OCc2cccc(-c3cccc(OCCCn4cc(CNC(CO)C(=O)O)nn4)c3C)c2C)c(Cl)cc1CNC(CO)C(=O)O. The van der Waals surface area contributed by atoms with Gasteiger partial charge in [0.25, 0.3) is 0 Å². The summed E-state index contributed by atoms with van der Waals surface area (Å²) in [6.07, 6.45) is 2.39. The molecule has 0 fully saturated rings. The molecule has 0 aliphatic carbocycles. The van der Waals surface area contributed by atoms with E-state index in [0.29, 0.717) is 47.4 Å². The van der Waals surface area contributed by atoms with Crippen LogP contribution in [0.25, 0.3) is 11.1 Å². The molecule has 4 aromatic rings. The number of aliphatic hydroxyl groups is 2. The van der Waals surface area contributed by atoms with E-state index >= 15 is 0 Å². The van der Waals surface area contributed by atoms with Gasteiger partial charge in [0.15, 0.2) is 0 Å². The number of nitrogens with one attached hydrogen (secondary N) is 2. The zero-order chi connectivity index (χ0) is 36.2. The van der Waals surface area contributed by atoms with E-state index in [1.807, 2.05) is 44.2 Å². The lowest BCUT2D eigenvalue weighted by Gasteiger charge is -2.18. The van der Waals surface area contributed by atoms with Crippen LogP contribution in [0.1, 0.15) is 34.4 Å². The number of aliphatic carboxylic acids is 2. The summed E-state index contributed by atoms with van der Waals surface area (Å²) in [7, 11) is 1.50. The summed E-state index contributed by atoms with van der Waals surface area (Å²) in [5, 5.41) is 50.6. The second-order valence-electron chi connectivity index (χ2n) is 11.5. The van der Waals surface area contributed by atoms with Crippen LogP contribution in [0.4, 0.5) is 0 Å². The van der Waals surface area contributed by atoms with Crippen molar-refractivity contribution >= 4 is 23.5 Å². The number of carboxylic acid groups (broad SMARTS) is 2. The fourth-order valence-corrected chi connectivity index (χ4v) is 5.46. The molecule has 0 spiro atoms. The Balaban J connectivity index is 1.37. The Bertz CT molecular complexity index is 1770. The number of halogens is 1. The molecule has 2 unspecified atom stereocenters. The second-order valence-corrected chi connectivity index (χ2v) is 11.9. The van der Waals surface area contributed by atoms with E-state index in [2.05, 4.69) is 27.0 Å². The van der Waals surface area contributed by atoms with Crippen molar-refractivity contribution < 1.29 is 44.2 Å². The Kier molecular flexibility index (Phi) is 13.9. The van der Waals surface area contributed by atoms with Crippen molar-refractivity contribution in [1.82, 2.24) is 25.6 Å². The van der Waals surface area contributed by atoms with E-state index in [-0.39, 0.29) is 19.7 Å². The summed E-state index contributed by atoms with van der Waals surface area (Å²) in [5.41, 5.74) is 6.22. The number of carboxylic acids is 2. The van der Waals surface area contributed by atoms with E-state index in [1.165, 1.54) is 7.11 Å². The lowest BCUT2D eigenvalue weighted by atomic mass is 9.93. The molecule has 0 bridgehead atoms. The van der Waals surface area contributed by atoms with Crippen molar-refractivity contribution in [3.63, 3.8) is 0 Å². The normalized spacial score (nSPS) is 12.4. The van der Waals surface area contributed by atoms with Gasteiger partial charge in [-0.3, -0.25) is 24.9 Å². The van der Waals surface area contributed by atoms with E-state index in [1.54, 1.807) is 23.0 Å². The van der Waals surface area contributed by atoms with Crippen molar-refractivity contribution in [2.75, 3.05) is 26.9 Å². The average Bonchev–Trinajstić information content (AvgIpc) is 3.55. The number of rotatable bonds is 20. The van der Waals surface area contributed by atoms with Crippen molar-refractivity contribution in [3.8, 4) is 28.4 Å². The number of hydrogen-bond donors (Lipinski definition) is 6. The van der Waals surface area contributed by atoms with Gasteiger partial charge in [-0.25, -0.2) is 0 Å². The van der Waals surface area contributed by atoms with Crippen molar-refractivity contribution in [2.24, 2.45) is 0 Å². The van der Waals surface area contributed by atoms with Gasteiger partial charge < -0.3 is 34.6 Å². The van der Waals surface area contributed by atoms with Crippen molar-refractivity contribution in [3.05, 3.63) is 87.7 Å². The molecule has 50 heavy (non-hydrogen) atoms. The molecule has 3 aromatic carbocycles. The largest absolute Gasteiger partial charge is 0.496 e. The Hall–Kier alpha value is -4.73. The van der Waals surface area contributed by atoms with Gasteiger partial charge >= 0.3 is 11.9 Å². The number of carbonyl (C=O) groups is 2. The van der Waals surface area contributed by atoms with Crippen LogP contribution in [0.5, 0.6) is 17.2 Å².